The summed E-state index contributed by atoms with van der Waals surface area (Å²) in [4.78, 5) is 4.10. The first-order valence-electron chi connectivity index (χ1n) is 5.18. The van der Waals surface area contributed by atoms with Crippen LogP contribution in [0.3, 0.4) is 0 Å². The van der Waals surface area contributed by atoms with Crippen LogP contribution in [0.15, 0.2) is 18.3 Å². The lowest BCUT2D eigenvalue weighted by Crippen LogP contribution is -2.32. The van der Waals surface area contributed by atoms with Crippen LogP contribution < -0.4 is 0 Å². The highest BCUT2D eigenvalue weighted by Crippen LogP contribution is 2.32. The van der Waals surface area contributed by atoms with Gasteiger partial charge in [0.25, 0.3) is 0 Å². The number of aryl methyl sites for hydroxylation is 1. The molecule has 2 heterocycles. The number of hydrogen-bond donors (Lipinski definition) is 3. The lowest BCUT2D eigenvalue weighted by atomic mass is 10.0. The summed E-state index contributed by atoms with van der Waals surface area (Å²) in [5.41, 5.74) is 1.57. The average Bonchev–Trinajstić information content (AvgIpc) is 2.57. The Labute approximate surface area is 93.3 Å². The Morgan fingerprint density at radius 3 is 2.56 bits per heavy atom. The van der Waals surface area contributed by atoms with Crippen molar-refractivity contribution in [1.82, 2.24) is 4.98 Å². The zero-order valence-corrected chi connectivity index (χ0v) is 8.95. The summed E-state index contributed by atoms with van der Waals surface area (Å²) in [6.45, 7) is 1.55. The van der Waals surface area contributed by atoms with Crippen molar-refractivity contribution in [2.45, 2.75) is 31.3 Å². The first kappa shape index (κ1) is 11.5. The molecule has 16 heavy (non-hydrogen) atoms. The van der Waals surface area contributed by atoms with E-state index in [4.69, 9.17) is 9.84 Å². The van der Waals surface area contributed by atoms with Crippen LogP contribution in [0.2, 0.25) is 0 Å². The van der Waals surface area contributed by atoms with Crippen molar-refractivity contribution in [3.05, 3.63) is 29.6 Å². The summed E-state index contributed by atoms with van der Waals surface area (Å²) in [6, 6.07) is 3.60. The lowest BCUT2D eigenvalue weighted by molar-refractivity contribution is -0.0228. The van der Waals surface area contributed by atoms with Crippen molar-refractivity contribution in [1.29, 1.82) is 0 Å². The molecule has 1 aromatic rings. The molecule has 0 unspecified atom stereocenters. The maximum absolute atomic E-state index is 9.77. The van der Waals surface area contributed by atoms with E-state index in [0.29, 0.717) is 5.56 Å². The fourth-order valence-electron chi connectivity index (χ4n) is 1.82. The Morgan fingerprint density at radius 2 is 2.06 bits per heavy atom. The van der Waals surface area contributed by atoms with Gasteiger partial charge in [0.05, 0.1) is 6.61 Å². The molecule has 3 N–H and O–H groups in total. The Kier molecular flexibility index (Phi) is 3.20. The summed E-state index contributed by atoms with van der Waals surface area (Å²) < 4.78 is 5.37. The molecule has 0 bridgehead atoms. The van der Waals surface area contributed by atoms with Gasteiger partial charge in [0.1, 0.15) is 24.4 Å². The normalized spacial score (nSPS) is 34.2. The molecule has 4 atom stereocenters. The fraction of sp³-hybridized carbons (Fsp3) is 0.545. The monoisotopic (exact) mass is 225 g/mol. The van der Waals surface area contributed by atoms with Crippen LogP contribution in [0.4, 0.5) is 0 Å². The quantitative estimate of drug-likeness (QED) is 0.634. The lowest BCUT2D eigenvalue weighted by Gasteiger charge is -2.14. The summed E-state index contributed by atoms with van der Waals surface area (Å²) in [5, 5.41) is 28.3. The van der Waals surface area contributed by atoms with Crippen molar-refractivity contribution in [3.8, 4) is 0 Å². The van der Waals surface area contributed by atoms with Gasteiger partial charge in [-0.2, -0.15) is 0 Å². The maximum Gasteiger partial charge on any atom is 0.113 e. The van der Waals surface area contributed by atoms with Crippen LogP contribution in [-0.2, 0) is 4.74 Å². The van der Waals surface area contributed by atoms with Crippen molar-refractivity contribution < 1.29 is 20.1 Å². The van der Waals surface area contributed by atoms with Gasteiger partial charge in [-0.1, -0.05) is 6.07 Å². The van der Waals surface area contributed by atoms with E-state index in [2.05, 4.69) is 4.98 Å². The van der Waals surface area contributed by atoms with Crippen molar-refractivity contribution in [2.75, 3.05) is 6.61 Å². The van der Waals surface area contributed by atoms with Gasteiger partial charge in [0.2, 0.25) is 0 Å². The Morgan fingerprint density at radius 1 is 1.31 bits per heavy atom. The summed E-state index contributed by atoms with van der Waals surface area (Å²) >= 11 is 0. The van der Waals surface area contributed by atoms with Crippen LogP contribution in [-0.4, -0.2) is 45.2 Å². The second kappa shape index (κ2) is 4.47. The highest BCUT2D eigenvalue weighted by atomic mass is 16.6. The molecule has 2 rings (SSSR count). The second-order valence-electron chi connectivity index (χ2n) is 3.99. The summed E-state index contributed by atoms with van der Waals surface area (Å²) in [7, 11) is 0. The minimum absolute atomic E-state index is 0.311. The molecule has 0 amide bonds. The van der Waals surface area contributed by atoms with Gasteiger partial charge >= 0.3 is 0 Å². The van der Waals surface area contributed by atoms with Gasteiger partial charge in [0.15, 0.2) is 0 Å². The molecule has 1 aliphatic heterocycles. The first-order chi connectivity index (χ1) is 7.63. The third kappa shape index (κ3) is 1.94. The Hall–Kier alpha value is -1.01. The van der Waals surface area contributed by atoms with E-state index >= 15 is 0 Å². The van der Waals surface area contributed by atoms with Crippen LogP contribution >= 0.6 is 0 Å². The number of nitrogens with zero attached hydrogens (tertiary/aromatic N) is 1. The number of aliphatic hydroxyl groups is 3. The fourth-order valence-corrected chi connectivity index (χ4v) is 1.82. The maximum atomic E-state index is 9.77. The van der Waals surface area contributed by atoms with Gasteiger partial charge in [-0.05, 0) is 13.0 Å². The molecule has 0 saturated carbocycles. The number of pyridine rings is 1. The van der Waals surface area contributed by atoms with Gasteiger partial charge in [-0.15, -0.1) is 0 Å². The predicted molar refractivity (Wildman–Crippen MR) is 55.7 cm³/mol. The van der Waals surface area contributed by atoms with Crippen LogP contribution in [0, 0.1) is 6.92 Å². The smallest absolute Gasteiger partial charge is 0.113 e. The van der Waals surface area contributed by atoms with Gasteiger partial charge < -0.3 is 20.1 Å². The molecule has 5 nitrogen and oxygen atoms in total. The average molecular weight is 225 g/mol. The van der Waals surface area contributed by atoms with E-state index in [1.807, 2.05) is 13.0 Å². The second-order valence-corrected chi connectivity index (χ2v) is 3.99. The molecule has 0 radical (unpaired) electrons. The minimum atomic E-state index is -1.06. The zero-order valence-electron chi connectivity index (χ0n) is 8.95. The molecule has 1 aliphatic rings. The van der Waals surface area contributed by atoms with E-state index < -0.39 is 24.4 Å². The zero-order chi connectivity index (χ0) is 11.7. The number of ether oxygens (including phenoxy) is 1. The largest absolute Gasteiger partial charge is 0.394 e. The van der Waals surface area contributed by atoms with Crippen LogP contribution in [0.5, 0.6) is 0 Å². The SMILES string of the molecule is Cc1ccc([C@@H]2O[C@H](CO)[C@@H](O)[C@H]2O)cn1. The molecule has 0 spiro atoms. The van der Waals surface area contributed by atoms with E-state index in [-0.39, 0.29) is 6.61 Å². The van der Waals surface area contributed by atoms with Crippen molar-refractivity contribution >= 4 is 0 Å². The highest BCUT2D eigenvalue weighted by molar-refractivity contribution is 5.19. The third-order valence-corrected chi connectivity index (χ3v) is 2.81. The molecule has 0 aliphatic carbocycles. The van der Waals surface area contributed by atoms with Crippen LogP contribution in [0.1, 0.15) is 17.4 Å². The predicted octanol–water partition coefficient (Wildman–Crippen LogP) is -0.456. The number of aliphatic hydroxyl groups excluding tert-OH is 3. The first-order valence-corrected chi connectivity index (χ1v) is 5.18. The minimum Gasteiger partial charge on any atom is -0.394 e. The van der Waals surface area contributed by atoms with Crippen LogP contribution in [0.25, 0.3) is 0 Å². The molecule has 5 heteroatoms. The molecule has 88 valence electrons. The molecule has 1 fully saturated rings. The van der Waals surface area contributed by atoms with E-state index in [9.17, 15) is 10.2 Å². The number of aromatic nitrogens is 1. The molecular formula is C11H15NO4. The topological polar surface area (TPSA) is 82.8 Å². The molecule has 1 saturated heterocycles. The standard InChI is InChI=1S/C11H15NO4/c1-6-2-3-7(4-12-6)11-10(15)9(14)8(5-13)16-11/h2-4,8-11,13-15H,5H2,1H3/t8-,9-,10-,11+/m1/s1. The number of rotatable bonds is 2. The molecule has 1 aromatic heterocycles. The van der Waals surface area contributed by atoms with Gasteiger partial charge in [0, 0.05) is 17.5 Å². The van der Waals surface area contributed by atoms with Gasteiger partial charge in [-0.25, -0.2) is 0 Å². The molecule has 0 aromatic carbocycles. The summed E-state index contributed by atoms with van der Waals surface area (Å²) in [5.74, 6) is 0. The Bertz CT molecular complexity index is 354. The Balaban J connectivity index is 2.19. The summed E-state index contributed by atoms with van der Waals surface area (Å²) in [6.07, 6.45) is -1.84. The highest BCUT2D eigenvalue weighted by Gasteiger charge is 2.42. The number of hydrogen-bond acceptors (Lipinski definition) is 5. The third-order valence-electron chi connectivity index (χ3n) is 2.81. The van der Waals surface area contributed by atoms with E-state index in [0.717, 1.165) is 5.69 Å². The van der Waals surface area contributed by atoms with Gasteiger partial charge in [-0.3, -0.25) is 4.98 Å². The van der Waals surface area contributed by atoms with E-state index in [1.165, 1.54) is 0 Å². The van der Waals surface area contributed by atoms with E-state index in [1.54, 1.807) is 12.3 Å². The van der Waals surface area contributed by atoms with Crippen molar-refractivity contribution in [2.24, 2.45) is 0 Å². The molecular weight excluding hydrogens is 210 g/mol. The van der Waals surface area contributed by atoms with Crippen molar-refractivity contribution in [3.63, 3.8) is 0 Å².